The van der Waals surface area contributed by atoms with Crippen LogP contribution in [-0.4, -0.2) is 50.3 Å². The van der Waals surface area contributed by atoms with Gasteiger partial charge < -0.3 is 15.1 Å². The van der Waals surface area contributed by atoms with Gasteiger partial charge in [0.05, 0.1) is 11.0 Å². The molecule has 2 unspecified atom stereocenters. The van der Waals surface area contributed by atoms with Gasteiger partial charge in [-0.2, -0.15) is 0 Å². The molecule has 5 nitrogen and oxygen atoms in total. The van der Waals surface area contributed by atoms with Crippen LogP contribution in [0.2, 0.25) is 0 Å². The van der Waals surface area contributed by atoms with Gasteiger partial charge in [-0.15, -0.1) is 11.8 Å². The highest BCUT2D eigenvalue weighted by Crippen LogP contribution is 2.32. The average Bonchev–Trinajstić information content (AvgIpc) is 2.89. The van der Waals surface area contributed by atoms with E-state index in [0.29, 0.717) is 18.6 Å². The Morgan fingerprint density at radius 1 is 1.24 bits per heavy atom. The smallest absolute Gasteiger partial charge is 0.303 e. The summed E-state index contributed by atoms with van der Waals surface area (Å²) in [6.07, 6.45) is 9.37. The second-order valence-corrected chi connectivity index (χ2v) is 8.57. The molecule has 1 aliphatic rings. The van der Waals surface area contributed by atoms with Crippen molar-refractivity contribution in [1.82, 2.24) is 4.90 Å². The molecule has 0 aromatic rings. The molecule has 0 spiro atoms. The number of rotatable bonds is 14. The average molecular weight is 374 g/mol. The second kappa shape index (κ2) is 11.8. The number of carbonyl (C=O) groups is 2. The normalized spacial score (nSPS) is 20.0. The summed E-state index contributed by atoms with van der Waals surface area (Å²) in [6.45, 7) is 4.81. The van der Waals surface area contributed by atoms with Gasteiger partial charge in [-0.3, -0.25) is 9.59 Å². The zero-order valence-electron chi connectivity index (χ0n) is 15.8. The van der Waals surface area contributed by atoms with Gasteiger partial charge in [0.25, 0.3) is 0 Å². The number of carboxylic acids is 1. The number of hydrogen-bond acceptors (Lipinski definition) is 4. The van der Waals surface area contributed by atoms with Crippen LogP contribution < -0.4 is 0 Å². The fourth-order valence-corrected chi connectivity index (χ4v) is 4.55. The second-order valence-electron chi connectivity index (χ2n) is 7.40. The van der Waals surface area contributed by atoms with E-state index >= 15 is 0 Å². The van der Waals surface area contributed by atoms with Crippen LogP contribution in [0, 0.1) is 0 Å². The summed E-state index contributed by atoms with van der Waals surface area (Å²) in [4.78, 5) is 24.6. The maximum Gasteiger partial charge on any atom is 0.303 e. The first-order valence-corrected chi connectivity index (χ1v) is 10.8. The maximum atomic E-state index is 12.1. The van der Waals surface area contributed by atoms with Crippen LogP contribution in [0.1, 0.15) is 84.5 Å². The number of carbonyl (C=O) groups excluding carboxylic acids is 1. The van der Waals surface area contributed by atoms with Crippen molar-refractivity contribution < 1.29 is 19.8 Å². The highest BCUT2D eigenvalue weighted by Gasteiger charge is 2.32. The molecule has 25 heavy (non-hydrogen) atoms. The van der Waals surface area contributed by atoms with Crippen LogP contribution in [0.5, 0.6) is 0 Å². The Bertz CT molecular complexity index is 414. The zero-order chi connectivity index (χ0) is 18.7. The molecule has 1 aliphatic heterocycles. The number of amides is 1. The lowest BCUT2D eigenvalue weighted by molar-refractivity contribution is -0.137. The molecule has 0 aromatic carbocycles. The number of likely N-dealkylation sites (tertiary alicyclic amines) is 1. The standard InChI is InChI=1S/C19H35NO4S/c1-3-4-8-13-19(2,24)15-25-17-12-11-16(21)20(17)14-9-6-5-7-10-18(22)23/h17,24H,3-15H2,1-2H3,(H,22,23). The summed E-state index contributed by atoms with van der Waals surface area (Å²) in [5, 5.41) is 19.3. The number of aliphatic carboxylic acids is 1. The summed E-state index contributed by atoms with van der Waals surface area (Å²) in [7, 11) is 0. The van der Waals surface area contributed by atoms with Gasteiger partial charge in [0, 0.05) is 25.1 Å². The number of aliphatic hydroxyl groups is 1. The summed E-state index contributed by atoms with van der Waals surface area (Å²) >= 11 is 1.71. The molecule has 0 radical (unpaired) electrons. The van der Waals surface area contributed by atoms with Crippen molar-refractivity contribution in [2.75, 3.05) is 12.3 Å². The molecule has 0 bridgehead atoms. The monoisotopic (exact) mass is 373 g/mol. The molecule has 1 heterocycles. The summed E-state index contributed by atoms with van der Waals surface area (Å²) < 4.78 is 0. The van der Waals surface area contributed by atoms with Crippen molar-refractivity contribution in [1.29, 1.82) is 0 Å². The number of nitrogens with zero attached hydrogens (tertiary/aromatic N) is 1. The lowest BCUT2D eigenvalue weighted by Gasteiger charge is -2.29. The largest absolute Gasteiger partial charge is 0.481 e. The summed E-state index contributed by atoms with van der Waals surface area (Å²) in [6, 6.07) is 0. The maximum absolute atomic E-state index is 12.1. The van der Waals surface area contributed by atoms with Gasteiger partial charge in [0.15, 0.2) is 0 Å². The Labute approximate surface area is 156 Å². The number of carboxylic acid groups (broad SMARTS) is 1. The third kappa shape index (κ3) is 9.50. The minimum atomic E-state index is -0.739. The van der Waals surface area contributed by atoms with E-state index in [2.05, 4.69) is 6.92 Å². The SMILES string of the molecule is CCCCCC(C)(O)CSC1CCC(=O)N1CCCCCCC(=O)O. The van der Waals surface area contributed by atoms with E-state index in [1.54, 1.807) is 11.8 Å². The van der Waals surface area contributed by atoms with E-state index in [9.17, 15) is 14.7 Å². The van der Waals surface area contributed by atoms with E-state index in [4.69, 9.17) is 5.11 Å². The van der Waals surface area contributed by atoms with Crippen LogP contribution >= 0.6 is 11.8 Å². The van der Waals surface area contributed by atoms with Gasteiger partial charge in [-0.1, -0.05) is 39.0 Å². The molecule has 146 valence electrons. The third-order valence-electron chi connectivity index (χ3n) is 4.72. The Hall–Kier alpha value is -0.750. The molecule has 6 heteroatoms. The van der Waals surface area contributed by atoms with E-state index < -0.39 is 11.6 Å². The number of unbranched alkanes of at least 4 members (excludes halogenated alkanes) is 5. The lowest BCUT2D eigenvalue weighted by atomic mass is 10.0. The van der Waals surface area contributed by atoms with Crippen LogP contribution in [0.3, 0.4) is 0 Å². The Morgan fingerprint density at radius 2 is 1.96 bits per heavy atom. The lowest BCUT2D eigenvalue weighted by Crippen LogP contribution is -2.35. The topological polar surface area (TPSA) is 77.8 Å². The van der Waals surface area contributed by atoms with Crippen molar-refractivity contribution in [2.24, 2.45) is 0 Å². The molecule has 0 aromatic heterocycles. The van der Waals surface area contributed by atoms with Crippen LogP contribution in [0.15, 0.2) is 0 Å². The van der Waals surface area contributed by atoms with Gasteiger partial charge in [-0.25, -0.2) is 0 Å². The Morgan fingerprint density at radius 3 is 2.64 bits per heavy atom. The van der Waals surface area contributed by atoms with Gasteiger partial charge in [0.2, 0.25) is 5.91 Å². The minimum Gasteiger partial charge on any atom is -0.481 e. The predicted octanol–water partition coefficient (Wildman–Crippen LogP) is 4.03. The van der Waals surface area contributed by atoms with Gasteiger partial charge >= 0.3 is 5.97 Å². The zero-order valence-corrected chi connectivity index (χ0v) is 16.7. The van der Waals surface area contributed by atoms with Gasteiger partial charge in [-0.05, 0) is 32.6 Å². The summed E-state index contributed by atoms with van der Waals surface area (Å²) in [5.41, 5.74) is -0.659. The molecule has 1 saturated heterocycles. The van der Waals surface area contributed by atoms with Crippen LogP contribution in [0.25, 0.3) is 0 Å². The number of hydrogen-bond donors (Lipinski definition) is 2. The number of thioether (sulfide) groups is 1. The first-order chi connectivity index (χ1) is 11.9. The molecular formula is C19H35NO4S. The van der Waals surface area contributed by atoms with Crippen LogP contribution in [0.4, 0.5) is 0 Å². The summed E-state index contributed by atoms with van der Waals surface area (Å²) in [5.74, 6) is 0.148. The first kappa shape index (κ1) is 22.3. The van der Waals surface area contributed by atoms with Gasteiger partial charge in [0.1, 0.15) is 0 Å². The van der Waals surface area contributed by atoms with Crippen molar-refractivity contribution >= 4 is 23.6 Å². The van der Waals surface area contributed by atoms with Crippen molar-refractivity contribution in [2.45, 2.75) is 95.5 Å². The van der Waals surface area contributed by atoms with Crippen LogP contribution in [-0.2, 0) is 9.59 Å². The third-order valence-corrected chi connectivity index (χ3v) is 6.38. The van der Waals surface area contributed by atoms with Crippen molar-refractivity contribution in [3.8, 4) is 0 Å². The molecule has 1 amide bonds. The molecular weight excluding hydrogens is 338 g/mol. The van der Waals surface area contributed by atoms with Crippen molar-refractivity contribution in [3.05, 3.63) is 0 Å². The van der Waals surface area contributed by atoms with E-state index in [0.717, 1.165) is 57.9 Å². The Kier molecular flexibility index (Phi) is 10.5. The quantitative estimate of drug-likeness (QED) is 0.449. The molecule has 2 N–H and O–H groups in total. The fourth-order valence-electron chi connectivity index (χ4n) is 3.16. The molecule has 0 aliphatic carbocycles. The van der Waals surface area contributed by atoms with E-state index in [1.807, 2.05) is 11.8 Å². The first-order valence-electron chi connectivity index (χ1n) is 9.71. The fraction of sp³-hybridized carbons (Fsp3) is 0.895. The molecule has 1 fully saturated rings. The van der Waals surface area contributed by atoms with Crippen molar-refractivity contribution in [3.63, 3.8) is 0 Å². The van der Waals surface area contributed by atoms with E-state index in [-0.39, 0.29) is 17.7 Å². The molecule has 1 rings (SSSR count). The predicted molar refractivity (Wildman–Crippen MR) is 103 cm³/mol. The Balaban J connectivity index is 2.28. The minimum absolute atomic E-state index is 0.184. The highest BCUT2D eigenvalue weighted by molar-refractivity contribution is 7.99. The molecule has 0 saturated carbocycles. The van der Waals surface area contributed by atoms with E-state index in [1.165, 1.54) is 0 Å². The highest BCUT2D eigenvalue weighted by atomic mass is 32.2. The molecule has 2 atom stereocenters.